The van der Waals surface area contributed by atoms with Crippen molar-refractivity contribution >= 4 is 40.1 Å². The molecule has 0 atom stereocenters. The first kappa shape index (κ1) is 20.2. The van der Waals surface area contributed by atoms with Crippen LogP contribution in [-0.4, -0.2) is 17.0 Å². The minimum Gasteiger partial charge on any atom is -0.489 e. The number of fused-ring (bicyclic) bond motifs is 2. The van der Waals surface area contributed by atoms with Crippen LogP contribution in [-0.2, 0) is 24.4 Å². The summed E-state index contributed by atoms with van der Waals surface area (Å²) in [5.74, 6) is -0.356. The van der Waals surface area contributed by atoms with Crippen LogP contribution in [0.25, 0.3) is 11.0 Å². The number of carbonyl (C=O) groups is 2. The van der Waals surface area contributed by atoms with Gasteiger partial charge in [0.1, 0.15) is 17.9 Å². The molecule has 0 radical (unpaired) electrons. The highest BCUT2D eigenvalue weighted by molar-refractivity contribution is 6.30. The van der Waals surface area contributed by atoms with Crippen molar-refractivity contribution in [2.45, 2.75) is 19.6 Å². The first-order valence-corrected chi connectivity index (χ1v) is 10.4. The summed E-state index contributed by atoms with van der Waals surface area (Å²) >= 11 is 5.98. The predicted molar refractivity (Wildman–Crippen MR) is 120 cm³/mol. The fourth-order valence-electron chi connectivity index (χ4n) is 3.98. The Morgan fingerprint density at radius 1 is 1.09 bits per heavy atom. The van der Waals surface area contributed by atoms with E-state index in [0.717, 1.165) is 22.2 Å². The lowest BCUT2D eigenvalue weighted by atomic mass is 10.0. The van der Waals surface area contributed by atoms with Gasteiger partial charge in [-0.15, -0.1) is 0 Å². The molecule has 3 aromatic carbocycles. The first-order chi connectivity index (χ1) is 15.5. The zero-order chi connectivity index (χ0) is 22.2. The van der Waals surface area contributed by atoms with Crippen molar-refractivity contribution < 1.29 is 23.8 Å². The zero-order valence-corrected chi connectivity index (χ0v) is 17.6. The van der Waals surface area contributed by atoms with Gasteiger partial charge in [-0.25, -0.2) is 0 Å². The molecule has 2 heterocycles. The SMILES string of the molecule is O=C(O)Cc1coc2cc(OCc3cccc4c3CN(c3ccc(Cl)cc3)C4=O)ccc12. The van der Waals surface area contributed by atoms with Crippen molar-refractivity contribution in [3.05, 3.63) is 94.2 Å². The van der Waals surface area contributed by atoms with Gasteiger partial charge in [0, 0.05) is 33.3 Å². The van der Waals surface area contributed by atoms with Crippen LogP contribution in [0.2, 0.25) is 5.02 Å². The molecule has 0 saturated heterocycles. The number of carboxylic acid groups (broad SMARTS) is 1. The van der Waals surface area contributed by atoms with Crippen LogP contribution in [0.15, 0.2) is 71.3 Å². The summed E-state index contributed by atoms with van der Waals surface area (Å²) in [7, 11) is 0. The molecule has 4 aromatic rings. The number of ether oxygens (including phenoxy) is 1. The second kappa shape index (κ2) is 8.05. The van der Waals surface area contributed by atoms with Gasteiger partial charge in [-0.1, -0.05) is 23.7 Å². The van der Waals surface area contributed by atoms with Crippen molar-refractivity contribution in [3.8, 4) is 5.75 Å². The number of hydrogen-bond donors (Lipinski definition) is 1. The summed E-state index contributed by atoms with van der Waals surface area (Å²) < 4.78 is 11.5. The molecule has 0 unspecified atom stereocenters. The Morgan fingerprint density at radius 2 is 1.91 bits per heavy atom. The van der Waals surface area contributed by atoms with Crippen molar-refractivity contribution in [2.24, 2.45) is 0 Å². The molecule has 7 heteroatoms. The van der Waals surface area contributed by atoms with Gasteiger partial charge < -0.3 is 19.2 Å². The average molecular weight is 448 g/mol. The van der Waals surface area contributed by atoms with Crippen LogP contribution >= 0.6 is 11.6 Å². The third-order valence-corrected chi connectivity index (χ3v) is 5.82. The smallest absolute Gasteiger partial charge is 0.307 e. The summed E-state index contributed by atoms with van der Waals surface area (Å²) in [5.41, 5.74) is 4.53. The summed E-state index contributed by atoms with van der Waals surface area (Å²) in [5, 5.41) is 10.4. The van der Waals surface area contributed by atoms with Gasteiger partial charge >= 0.3 is 5.97 Å². The number of benzene rings is 3. The quantitative estimate of drug-likeness (QED) is 0.425. The molecule has 5 rings (SSSR count). The fourth-order valence-corrected chi connectivity index (χ4v) is 4.10. The number of nitrogens with zero attached hydrogens (tertiary/aromatic N) is 1. The Bertz CT molecular complexity index is 1340. The number of carboxylic acids is 1. The molecule has 1 aliphatic heterocycles. The van der Waals surface area contributed by atoms with E-state index in [4.69, 9.17) is 25.9 Å². The van der Waals surface area contributed by atoms with E-state index in [1.165, 1.54) is 6.26 Å². The highest BCUT2D eigenvalue weighted by Gasteiger charge is 2.30. The monoisotopic (exact) mass is 447 g/mol. The highest BCUT2D eigenvalue weighted by Crippen LogP contribution is 2.32. The summed E-state index contributed by atoms with van der Waals surface area (Å²) in [4.78, 5) is 25.6. The molecule has 0 spiro atoms. The lowest BCUT2D eigenvalue weighted by Gasteiger charge is -2.16. The number of carbonyl (C=O) groups excluding carboxylic acids is 1. The zero-order valence-electron chi connectivity index (χ0n) is 16.9. The standard InChI is InChI=1S/C25H18ClNO5/c26-17-4-6-18(7-5-17)27-12-22-15(2-1-3-21(22)25(27)30)13-31-19-8-9-20-16(10-24(28)29)14-32-23(20)11-19/h1-9,11,14H,10,12-13H2,(H,28,29). The molecular weight excluding hydrogens is 430 g/mol. The third-order valence-electron chi connectivity index (χ3n) is 5.57. The van der Waals surface area contributed by atoms with Gasteiger partial charge in [0.15, 0.2) is 0 Å². The number of amides is 1. The van der Waals surface area contributed by atoms with E-state index >= 15 is 0 Å². The largest absolute Gasteiger partial charge is 0.489 e. The Hall–Kier alpha value is -3.77. The minimum absolute atomic E-state index is 0.0489. The van der Waals surface area contributed by atoms with E-state index in [-0.39, 0.29) is 12.3 Å². The van der Waals surface area contributed by atoms with Crippen LogP contribution < -0.4 is 9.64 Å². The Kier molecular flexibility index (Phi) is 5.07. The minimum atomic E-state index is -0.909. The lowest BCUT2D eigenvalue weighted by Crippen LogP contribution is -2.22. The molecule has 1 aromatic heterocycles. The molecule has 0 aliphatic carbocycles. The molecule has 1 N–H and O–H groups in total. The van der Waals surface area contributed by atoms with Crippen molar-refractivity contribution in [2.75, 3.05) is 4.90 Å². The van der Waals surface area contributed by atoms with Crippen molar-refractivity contribution in [1.82, 2.24) is 0 Å². The number of hydrogen-bond acceptors (Lipinski definition) is 4. The van der Waals surface area contributed by atoms with E-state index in [0.29, 0.717) is 40.6 Å². The van der Waals surface area contributed by atoms with Crippen molar-refractivity contribution in [3.63, 3.8) is 0 Å². The molecule has 0 bridgehead atoms. The highest BCUT2D eigenvalue weighted by atomic mass is 35.5. The Morgan fingerprint density at radius 3 is 2.69 bits per heavy atom. The topological polar surface area (TPSA) is 80.0 Å². The van der Waals surface area contributed by atoms with Gasteiger partial charge in [-0.2, -0.15) is 0 Å². The maximum absolute atomic E-state index is 12.9. The number of aliphatic carboxylic acids is 1. The maximum atomic E-state index is 12.9. The summed E-state index contributed by atoms with van der Waals surface area (Å²) in [6, 6.07) is 18.2. The van der Waals surface area contributed by atoms with Gasteiger partial charge in [-0.3, -0.25) is 9.59 Å². The summed E-state index contributed by atoms with van der Waals surface area (Å²) in [6.07, 6.45) is 1.37. The van der Waals surface area contributed by atoms with E-state index in [1.54, 1.807) is 35.2 Å². The molecule has 160 valence electrons. The first-order valence-electron chi connectivity index (χ1n) is 10.0. The van der Waals surface area contributed by atoms with Crippen LogP contribution in [0.1, 0.15) is 27.0 Å². The van der Waals surface area contributed by atoms with Crippen LogP contribution in [0.4, 0.5) is 5.69 Å². The average Bonchev–Trinajstić information content (AvgIpc) is 3.33. The van der Waals surface area contributed by atoms with Crippen LogP contribution in [0.5, 0.6) is 5.75 Å². The van der Waals surface area contributed by atoms with Gasteiger partial charge in [0.25, 0.3) is 5.91 Å². The molecule has 32 heavy (non-hydrogen) atoms. The van der Waals surface area contributed by atoms with E-state index in [1.807, 2.05) is 30.3 Å². The normalized spacial score (nSPS) is 12.9. The second-order valence-corrected chi connectivity index (χ2v) is 8.03. The third kappa shape index (κ3) is 3.69. The van der Waals surface area contributed by atoms with E-state index < -0.39 is 5.97 Å². The summed E-state index contributed by atoms with van der Waals surface area (Å²) in [6.45, 7) is 0.754. The molecule has 1 aliphatic rings. The number of furan rings is 1. The number of anilines is 1. The molecule has 6 nitrogen and oxygen atoms in total. The number of halogens is 1. The lowest BCUT2D eigenvalue weighted by molar-refractivity contribution is -0.136. The fraction of sp³-hybridized carbons (Fsp3) is 0.120. The van der Waals surface area contributed by atoms with Crippen molar-refractivity contribution in [1.29, 1.82) is 0 Å². The van der Waals surface area contributed by atoms with Gasteiger partial charge in [0.2, 0.25) is 0 Å². The second-order valence-electron chi connectivity index (χ2n) is 7.59. The Balaban J connectivity index is 1.35. The molecule has 1 amide bonds. The van der Waals surface area contributed by atoms with E-state index in [9.17, 15) is 9.59 Å². The van der Waals surface area contributed by atoms with Gasteiger partial charge in [-0.05, 0) is 53.6 Å². The Labute approximate surface area is 188 Å². The molecule has 0 saturated carbocycles. The predicted octanol–water partition coefficient (Wildman–Crippen LogP) is 5.45. The maximum Gasteiger partial charge on any atom is 0.307 e. The van der Waals surface area contributed by atoms with Gasteiger partial charge in [0.05, 0.1) is 19.2 Å². The molecular formula is C25H18ClNO5. The molecule has 0 fully saturated rings. The van der Waals surface area contributed by atoms with Crippen LogP contribution in [0, 0.1) is 0 Å². The van der Waals surface area contributed by atoms with E-state index in [2.05, 4.69) is 0 Å². The van der Waals surface area contributed by atoms with Crippen LogP contribution in [0.3, 0.4) is 0 Å². The number of rotatable bonds is 6.